The minimum Gasteiger partial charge on any atom is -0.453 e. The van der Waals surface area contributed by atoms with Crippen LogP contribution in [0, 0.1) is 0 Å². The van der Waals surface area contributed by atoms with Crippen molar-refractivity contribution in [2.75, 3.05) is 9.80 Å². The van der Waals surface area contributed by atoms with E-state index in [-0.39, 0.29) is 0 Å². The van der Waals surface area contributed by atoms with Gasteiger partial charge in [-0.25, -0.2) is 0 Å². The van der Waals surface area contributed by atoms with Crippen LogP contribution in [-0.4, -0.2) is 0 Å². The minimum absolute atomic E-state index is 0.795. The van der Waals surface area contributed by atoms with E-state index in [1.807, 2.05) is 0 Å². The molecule has 3 heteroatoms. The van der Waals surface area contributed by atoms with E-state index in [2.05, 4.69) is 277 Å². The number of nitrogens with zero attached hydrogens (tertiary/aromatic N) is 2. The zero-order valence-electron chi connectivity index (χ0n) is 36.7. The van der Waals surface area contributed by atoms with E-state index in [4.69, 9.17) is 4.42 Å². The summed E-state index contributed by atoms with van der Waals surface area (Å²) in [4.78, 5) is 4.77. The molecule has 0 saturated heterocycles. The van der Waals surface area contributed by atoms with E-state index in [9.17, 15) is 0 Å². The Hall–Kier alpha value is -8.92. The molecule has 0 bridgehead atoms. The fourth-order valence-electron chi connectivity index (χ4n) is 9.63. The van der Waals surface area contributed by atoms with Crippen molar-refractivity contribution in [3.05, 3.63) is 267 Å². The van der Waals surface area contributed by atoms with Crippen molar-refractivity contribution < 1.29 is 4.42 Å². The maximum atomic E-state index is 7.42. The molecular weight excluding hydrogens is 813 g/mol. The standard InChI is InChI=1S/C64H44N2O/c1-5-18-45(19-6-1)48-32-37-53(38-33-48)65(55-28-17-27-52(44-55)47-22-9-3-10-23-47)60-42-43-61(64-62(60)58-41-36-51-26-13-14-30-57(51)63(58)67-64)66(54-39-34-49(35-40-54)46-20-7-2-8-21-46)59-31-16-15-29-56(59)50-24-11-4-12-25-50/h1-44H. The van der Waals surface area contributed by atoms with Crippen LogP contribution < -0.4 is 9.80 Å². The van der Waals surface area contributed by atoms with Crippen LogP contribution in [0.25, 0.3) is 77.2 Å². The average Bonchev–Trinajstić information content (AvgIpc) is 3.82. The second kappa shape index (κ2) is 17.2. The molecule has 0 aliphatic rings. The van der Waals surface area contributed by atoms with E-state index in [1.54, 1.807) is 0 Å². The second-order valence-electron chi connectivity index (χ2n) is 16.9. The number of hydrogen-bond donors (Lipinski definition) is 0. The number of para-hydroxylation sites is 1. The third kappa shape index (κ3) is 7.39. The first kappa shape index (κ1) is 39.7. The molecule has 0 amide bonds. The van der Waals surface area contributed by atoms with Gasteiger partial charge in [0, 0.05) is 33.4 Å². The summed E-state index contributed by atoms with van der Waals surface area (Å²) in [6.07, 6.45) is 0. The molecule has 0 saturated carbocycles. The monoisotopic (exact) mass is 856 g/mol. The predicted molar refractivity (Wildman–Crippen MR) is 282 cm³/mol. The Bertz CT molecular complexity index is 3660. The van der Waals surface area contributed by atoms with Gasteiger partial charge in [0.2, 0.25) is 0 Å². The molecule has 0 N–H and O–H groups in total. The third-order valence-electron chi connectivity index (χ3n) is 12.9. The molecule has 1 heterocycles. The van der Waals surface area contributed by atoms with Crippen molar-refractivity contribution in [2.24, 2.45) is 0 Å². The Balaban J connectivity index is 1.14. The second-order valence-corrected chi connectivity index (χ2v) is 16.9. The topological polar surface area (TPSA) is 19.6 Å². The predicted octanol–water partition coefficient (Wildman–Crippen LogP) is 18.3. The Morgan fingerprint density at radius 1 is 0.254 bits per heavy atom. The molecule has 0 atom stereocenters. The van der Waals surface area contributed by atoms with Crippen molar-refractivity contribution in [2.45, 2.75) is 0 Å². The minimum atomic E-state index is 0.795. The Kier molecular flexibility index (Phi) is 10.2. The van der Waals surface area contributed by atoms with Gasteiger partial charge in [0.05, 0.1) is 22.4 Å². The molecule has 0 aliphatic carbocycles. The molecule has 12 aromatic rings. The van der Waals surface area contributed by atoms with Crippen molar-refractivity contribution in [1.82, 2.24) is 0 Å². The Morgan fingerprint density at radius 2 is 0.746 bits per heavy atom. The summed E-state index contributed by atoms with van der Waals surface area (Å²) in [5.74, 6) is 0. The average molecular weight is 857 g/mol. The van der Waals surface area contributed by atoms with Crippen LogP contribution in [0.3, 0.4) is 0 Å². The number of furan rings is 1. The van der Waals surface area contributed by atoms with Gasteiger partial charge in [-0.2, -0.15) is 0 Å². The van der Waals surface area contributed by atoms with E-state index in [1.165, 1.54) is 11.1 Å². The van der Waals surface area contributed by atoms with E-state index < -0.39 is 0 Å². The van der Waals surface area contributed by atoms with E-state index >= 15 is 0 Å². The smallest absolute Gasteiger partial charge is 0.161 e. The lowest BCUT2D eigenvalue weighted by atomic mass is 9.99. The molecule has 3 nitrogen and oxygen atoms in total. The van der Waals surface area contributed by atoms with Crippen LogP contribution in [0.4, 0.5) is 34.1 Å². The van der Waals surface area contributed by atoms with Crippen LogP contribution in [0.1, 0.15) is 0 Å². The van der Waals surface area contributed by atoms with Gasteiger partial charge >= 0.3 is 0 Å². The molecule has 1 aromatic heterocycles. The van der Waals surface area contributed by atoms with Crippen LogP contribution in [-0.2, 0) is 0 Å². The summed E-state index contributed by atoms with van der Waals surface area (Å²) < 4.78 is 7.42. The van der Waals surface area contributed by atoms with Crippen LogP contribution in [0.5, 0.6) is 0 Å². The molecular formula is C64H44N2O. The maximum Gasteiger partial charge on any atom is 0.161 e. The van der Waals surface area contributed by atoms with Crippen molar-refractivity contribution in [3.8, 4) is 44.5 Å². The number of rotatable bonds is 10. The maximum absolute atomic E-state index is 7.42. The highest BCUT2D eigenvalue weighted by Crippen LogP contribution is 2.51. The number of anilines is 6. The van der Waals surface area contributed by atoms with Crippen molar-refractivity contribution in [1.29, 1.82) is 0 Å². The fraction of sp³-hybridized carbons (Fsp3) is 0. The lowest BCUT2D eigenvalue weighted by molar-refractivity contribution is 0.673. The summed E-state index contributed by atoms with van der Waals surface area (Å²) in [5.41, 5.74) is 17.0. The van der Waals surface area contributed by atoms with Crippen LogP contribution in [0.15, 0.2) is 271 Å². The zero-order chi connectivity index (χ0) is 44.5. The summed E-state index contributed by atoms with van der Waals surface area (Å²) >= 11 is 0. The summed E-state index contributed by atoms with van der Waals surface area (Å²) in [6, 6.07) is 95.4. The SMILES string of the molecule is c1ccc(-c2ccc(N(c3ccccc3-c3ccccc3)c3ccc(N(c4ccc(-c5ccccc5)cc4)c4cccc(-c5ccccc5)c4)c4c3oc3c5ccccc5ccc34)cc2)cc1. The Morgan fingerprint density at radius 3 is 1.39 bits per heavy atom. The first-order valence-electron chi connectivity index (χ1n) is 22.8. The highest BCUT2D eigenvalue weighted by atomic mass is 16.3. The van der Waals surface area contributed by atoms with Crippen molar-refractivity contribution in [3.63, 3.8) is 0 Å². The normalized spacial score (nSPS) is 11.3. The van der Waals surface area contributed by atoms with Gasteiger partial charge in [-0.1, -0.05) is 206 Å². The summed E-state index contributed by atoms with van der Waals surface area (Å²) in [7, 11) is 0. The van der Waals surface area contributed by atoms with Gasteiger partial charge in [-0.05, 0) is 105 Å². The van der Waals surface area contributed by atoms with Crippen LogP contribution in [0.2, 0.25) is 0 Å². The van der Waals surface area contributed by atoms with Gasteiger partial charge in [0.25, 0.3) is 0 Å². The quantitative estimate of drug-likeness (QED) is 0.137. The first-order valence-corrected chi connectivity index (χ1v) is 22.8. The zero-order valence-corrected chi connectivity index (χ0v) is 36.7. The largest absolute Gasteiger partial charge is 0.453 e. The Labute approximate surface area is 390 Å². The molecule has 0 unspecified atom stereocenters. The van der Waals surface area contributed by atoms with E-state index in [0.717, 1.165) is 100 Å². The van der Waals surface area contributed by atoms with Gasteiger partial charge in [-0.15, -0.1) is 0 Å². The molecule has 11 aromatic carbocycles. The van der Waals surface area contributed by atoms with E-state index in [0.29, 0.717) is 0 Å². The first-order chi connectivity index (χ1) is 33.2. The number of benzene rings is 11. The summed E-state index contributed by atoms with van der Waals surface area (Å²) in [5, 5.41) is 4.27. The van der Waals surface area contributed by atoms with Gasteiger partial charge < -0.3 is 14.2 Å². The number of hydrogen-bond acceptors (Lipinski definition) is 3. The lowest BCUT2D eigenvalue weighted by Crippen LogP contribution is -2.13. The molecule has 0 aliphatic heterocycles. The van der Waals surface area contributed by atoms with Gasteiger partial charge in [-0.3, -0.25) is 0 Å². The molecule has 67 heavy (non-hydrogen) atoms. The molecule has 12 rings (SSSR count). The molecule has 0 radical (unpaired) electrons. The number of fused-ring (bicyclic) bond motifs is 5. The molecule has 0 spiro atoms. The van der Waals surface area contributed by atoms with Crippen molar-refractivity contribution >= 4 is 66.8 Å². The third-order valence-corrected chi connectivity index (χ3v) is 12.9. The van der Waals surface area contributed by atoms with Gasteiger partial charge in [0.15, 0.2) is 5.58 Å². The highest BCUT2D eigenvalue weighted by Gasteiger charge is 2.27. The highest BCUT2D eigenvalue weighted by molar-refractivity contribution is 6.22. The fourth-order valence-corrected chi connectivity index (χ4v) is 9.63. The van der Waals surface area contributed by atoms with Crippen LogP contribution >= 0.6 is 0 Å². The lowest BCUT2D eigenvalue weighted by Gasteiger charge is -2.30. The molecule has 0 fully saturated rings. The van der Waals surface area contributed by atoms with Gasteiger partial charge in [0.1, 0.15) is 5.58 Å². The molecule has 316 valence electrons. The summed E-state index contributed by atoms with van der Waals surface area (Å²) in [6.45, 7) is 0.